The molecule has 0 spiro atoms. The maximum atomic E-state index is 8.63. The van der Waals surface area contributed by atoms with Gasteiger partial charge in [0.15, 0.2) is 0 Å². The fourth-order valence-electron chi connectivity index (χ4n) is 0.962. The number of aryl methyl sites for hydroxylation is 1. The number of phenols is 1. The third-order valence-corrected chi connectivity index (χ3v) is 1.70. The highest BCUT2D eigenvalue weighted by molar-refractivity contribution is 5.18. The maximum Gasteiger partial charge on any atom is 0.115 e. The molecule has 2 aromatic carbocycles. The van der Waals surface area contributed by atoms with Gasteiger partial charge in [-0.05, 0) is 19.1 Å². The molecule has 0 amide bonds. The van der Waals surface area contributed by atoms with Crippen LogP contribution in [0.1, 0.15) is 33.3 Å². The van der Waals surface area contributed by atoms with Crippen LogP contribution in [0.4, 0.5) is 0 Å². The average molecular weight is 246 g/mol. The molecule has 0 aliphatic heterocycles. The molecule has 0 unspecified atom stereocenters. The van der Waals surface area contributed by atoms with Crippen LogP contribution in [0.3, 0.4) is 0 Å². The number of hydrogen-bond acceptors (Lipinski definition) is 1. The minimum absolute atomic E-state index is 0.322. The monoisotopic (exact) mass is 246 g/mol. The third kappa shape index (κ3) is 12.3. The molecule has 100 valence electrons. The minimum Gasteiger partial charge on any atom is -0.508 e. The standard InChI is InChI=1S/C7H8.C6H6O.2C2H6/c1-7-5-3-2-4-6-7;7-6-4-2-1-3-5-6;2*1-2/h2-6H,1H3;1-5,7H;2*1-2H3. The Morgan fingerprint density at radius 2 is 0.944 bits per heavy atom. The van der Waals surface area contributed by atoms with Crippen molar-refractivity contribution in [2.45, 2.75) is 34.6 Å². The van der Waals surface area contributed by atoms with Gasteiger partial charge in [-0.2, -0.15) is 0 Å². The van der Waals surface area contributed by atoms with Gasteiger partial charge in [-0.1, -0.05) is 81.8 Å². The van der Waals surface area contributed by atoms with Crippen LogP contribution in [0.2, 0.25) is 0 Å². The summed E-state index contributed by atoms with van der Waals surface area (Å²) in [7, 11) is 0. The van der Waals surface area contributed by atoms with E-state index in [4.69, 9.17) is 5.11 Å². The molecular weight excluding hydrogens is 220 g/mol. The Balaban J connectivity index is 0. The van der Waals surface area contributed by atoms with Crippen LogP contribution in [-0.4, -0.2) is 5.11 Å². The highest BCUT2D eigenvalue weighted by Gasteiger charge is 1.74. The summed E-state index contributed by atoms with van der Waals surface area (Å²) in [5, 5.41) is 8.63. The van der Waals surface area contributed by atoms with Crippen molar-refractivity contribution in [1.82, 2.24) is 0 Å². The Morgan fingerprint density at radius 1 is 0.611 bits per heavy atom. The lowest BCUT2D eigenvalue weighted by molar-refractivity contribution is 0.475. The van der Waals surface area contributed by atoms with Crippen molar-refractivity contribution in [2.24, 2.45) is 0 Å². The van der Waals surface area contributed by atoms with Crippen LogP contribution in [0.15, 0.2) is 60.7 Å². The fraction of sp³-hybridized carbons (Fsp3) is 0.294. The number of benzene rings is 2. The normalized spacial score (nSPS) is 7.39. The summed E-state index contributed by atoms with van der Waals surface area (Å²) >= 11 is 0. The summed E-state index contributed by atoms with van der Waals surface area (Å²) in [6, 6.07) is 19.0. The second-order valence-corrected chi connectivity index (χ2v) is 2.99. The maximum absolute atomic E-state index is 8.63. The Morgan fingerprint density at radius 3 is 1.11 bits per heavy atom. The van der Waals surface area contributed by atoms with E-state index in [9.17, 15) is 0 Å². The van der Waals surface area contributed by atoms with Gasteiger partial charge in [-0.25, -0.2) is 0 Å². The van der Waals surface area contributed by atoms with Gasteiger partial charge in [0.2, 0.25) is 0 Å². The summed E-state index contributed by atoms with van der Waals surface area (Å²) in [5.41, 5.74) is 1.32. The average Bonchev–Trinajstić information content (AvgIpc) is 2.46. The highest BCUT2D eigenvalue weighted by atomic mass is 16.3. The molecule has 0 aliphatic carbocycles. The van der Waals surface area contributed by atoms with Gasteiger partial charge in [-0.3, -0.25) is 0 Å². The first-order valence-corrected chi connectivity index (χ1v) is 6.54. The van der Waals surface area contributed by atoms with Gasteiger partial charge in [-0.15, -0.1) is 0 Å². The van der Waals surface area contributed by atoms with Crippen LogP contribution in [0.5, 0.6) is 5.75 Å². The molecule has 1 heteroatoms. The predicted molar refractivity (Wildman–Crippen MR) is 82.0 cm³/mol. The van der Waals surface area contributed by atoms with E-state index < -0.39 is 0 Å². The molecule has 0 atom stereocenters. The predicted octanol–water partition coefficient (Wildman–Crippen LogP) is 5.44. The van der Waals surface area contributed by atoms with E-state index in [0.29, 0.717) is 5.75 Å². The van der Waals surface area contributed by atoms with Crippen molar-refractivity contribution >= 4 is 0 Å². The van der Waals surface area contributed by atoms with Gasteiger partial charge in [0.1, 0.15) is 5.75 Å². The fourth-order valence-corrected chi connectivity index (χ4v) is 0.962. The van der Waals surface area contributed by atoms with Crippen LogP contribution in [-0.2, 0) is 0 Å². The lowest BCUT2D eigenvalue weighted by atomic mass is 10.2. The lowest BCUT2D eigenvalue weighted by Gasteiger charge is -1.82. The Bertz CT molecular complexity index is 303. The number of aromatic hydroxyl groups is 1. The van der Waals surface area contributed by atoms with Crippen molar-refractivity contribution in [2.75, 3.05) is 0 Å². The molecule has 2 rings (SSSR count). The van der Waals surface area contributed by atoms with Gasteiger partial charge >= 0.3 is 0 Å². The Labute approximate surface area is 112 Å². The van der Waals surface area contributed by atoms with Crippen LogP contribution in [0.25, 0.3) is 0 Å². The van der Waals surface area contributed by atoms with E-state index in [1.54, 1.807) is 24.3 Å². The van der Waals surface area contributed by atoms with E-state index in [1.807, 2.05) is 52.0 Å². The van der Waals surface area contributed by atoms with Crippen molar-refractivity contribution < 1.29 is 5.11 Å². The van der Waals surface area contributed by atoms with Crippen molar-refractivity contribution in [3.8, 4) is 5.75 Å². The van der Waals surface area contributed by atoms with Gasteiger partial charge in [0, 0.05) is 0 Å². The molecule has 18 heavy (non-hydrogen) atoms. The summed E-state index contributed by atoms with van der Waals surface area (Å²) < 4.78 is 0. The van der Waals surface area contributed by atoms with Gasteiger partial charge in [0.25, 0.3) is 0 Å². The molecule has 0 fully saturated rings. The van der Waals surface area contributed by atoms with Crippen molar-refractivity contribution in [1.29, 1.82) is 0 Å². The molecule has 0 aliphatic rings. The molecule has 0 aromatic heterocycles. The largest absolute Gasteiger partial charge is 0.508 e. The molecule has 0 heterocycles. The first kappa shape index (κ1) is 18.6. The van der Waals surface area contributed by atoms with Gasteiger partial charge < -0.3 is 5.11 Å². The third-order valence-electron chi connectivity index (χ3n) is 1.70. The first-order valence-electron chi connectivity index (χ1n) is 6.54. The summed E-state index contributed by atoms with van der Waals surface area (Å²) in [5.74, 6) is 0.322. The number of hydrogen-bond donors (Lipinski definition) is 1. The molecule has 1 N–H and O–H groups in total. The quantitative estimate of drug-likeness (QED) is 0.656. The zero-order chi connectivity index (χ0) is 14.2. The van der Waals surface area contributed by atoms with E-state index in [-0.39, 0.29) is 0 Å². The molecule has 2 aromatic rings. The molecule has 0 saturated heterocycles. The number of rotatable bonds is 0. The van der Waals surface area contributed by atoms with Gasteiger partial charge in [0.05, 0.1) is 0 Å². The molecule has 0 saturated carbocycles. The molecule has 0 radical (unpaired) electrons. The van der Waals surface area contributed by atoms with Crippen molar-refractivity contribution in [3.63, 3.8) is 0 Å². The zero-order valence-electron chi connectivity index (χ0n) is 12.2. The van der Waals surface area contributed by atoms with E-state index >= 15 is 0 Å². The van der Waals surface area contributed by atoms with E-state index in [2.05, 4.69) is 19.1 Å². The smallest absolute Gasteiger partial charge is 0.115 e. The SMILES string of the molecule is CC.CC.Cc1ccccc1.Oc1ccccc1. The first-order chi connectivity index (χ1) is 8.79. The Kier molecular flexibility index (Phi) is 15.7. The molecule has 1 nitrogen and oxygen atoms in total. The second kappa shape index (κ2) is 15.2. The number of para-hydroxylation sites is 1. The lowest BCUT2D eigenvalue weighted by Crippen LogP contribution is -1.62. The topological polar surface area (TPSA) is 20.2 Å². The van der Waals surface area contributed by atoms with Crippen LogP contribution in [0, 0.1) is 6.92 Å². The zero-order valence-corrected chi connectivity index (χ0v) is 12.2. The summed E-state index contributed by atoms with van der Waals surface area (Å²) in [6.07, 6.45) is 0. The van der Waals surface area contributed by atoms with E-state index in [1.165, 1.54) is 5.56 Å². The summed E-state index contributed by atoms with van der Waals surface area (Å²) in [4.78, 5) is 0. The number of phenolic OH excluding ortho intramolecular Hbond substituents is 1. The Hall–Kier alpha value is -1.76. The summed E-state index contributed by atoms with van der Waals surface area (Å²) in [6.45, 7) is 10.1. The second-order valence-electron chi connectivity index (χ2n) is 2.99. The van der Waals surface area contributed by atoms with Crippen LogP contribution < -0.4 is 0 Å². The molecule has 0 bridgehead atoms. The van der Waals surface area contributed by atoms with Crippen LogP contribution >= 0.6 is 0 Å². The van der Waals surface area contributed by atoms with Crippen molar-refractivity contribution in [3.05, 3.63) is 66.2 Å². The van der Waals surface area contributed by atoms with E-state index in [0.717, 1.165) is 0 Å². The molecular formula is C17H26O. The minimum atomic E-state index is 0.322. The highest BCUT2D eigenvalue weighted by Crippen LogP contribution is 2.02.